The van der Waals surface area contributed by atoms with Crippen LogP contribution in [0.15, 0.2) is 42.5 Å². The first-order chi connectivity index (χ1) is 12.3. The van der Waals surface area contributed by atoms with Gasteiger partial charge in [0, 0.05) is 19.0 Å². The van der Waals surface area contributed by atoms with Crippen LogP contribution in [0.25, 0.3) is 0 Å². The molecule has 0 aromatic heterocycles. The highest BCUT2D eigenvalue weighted by Gasteiger charge is 2.28. The van der Waals surface area contributed by atoms with Crippen LogP contribution in [0, 0.1) is 5.41 Å². The average Bonchev–Trinajstić information content (AvgIpc) is 2.74. The van der Waals surface area contributed by atoms with Crippen LogP contribution in [0.3, 0.4) is 0 Å². The van der Waals surface area contributed by atoms with E-state index in [-0.39, 0.29) is 11.9 Å². The van der Waals surface area contributed by atoms with Gasteiger partial charge in [0.25, 0.3) is 0 Å². The van der Waals surface area contributed by atoms with Crippen LogP contribution in [0.2, 0.25) is 5.02 Å². The number of hydrogen-bond donors (Lipinski definition) is 0. The monoisotopic (exact) mass is 371 g/mol. The van der Waals surface area contributed by atoms with E-state index in [9.17, 15) is 4.79 Å². The number of likely N-dealkylation sites (N-methyl/N-ethyl adjacent to an activating group) is 1. The smallest absolute Gasteiger partial charge is 0.316 e. The van der Waals surface area contributed by atoms with E-state index < -0.39 is 5.41 Å². The summed E-state index contributed by atoms with van der Waals surface area (Å²) < 4.78 is 5.64. The van der Waals surface area contributed by atoms with Crippen molar-refractivity contribution in [2.45, 2.75) is 33.1 Å². The third-order valence-electron chi connectivity index (χ3n) is 4.84. The summed E-state index contributed by atoms with van der Waals surface area (Å²) in [5, 5.41) is 0.498. The molecule has 2 aromatic carbocycles. The Hall–Kier alpha value is -1.84. The van der Waals surface area contributed by atoms with Gasteiger partial charge in [-0.3, -0.25) is 4.79 Å². The van der Waals surface area contributed by atoms with Gasteiger partial charge >= 0.3 is 5.97 Å². The van der Waals surface area contributed by atoms with Gasteiger partial charge < -0.3 is 9.64 Å². The van der Waals surface area contributed by atoms with Gasteiger partial charge in [0.2, 0.25) is 0 Å². The van der Waals surface area contributed by atoms with Gasteiger partial charge in [0.15, 0.2) is 0 Å². The van der Waals surface area contributed by atoms with Gasteiger partial charge in [0.05, 0.1) is 10.4 Å². The molecule has 0 fully saturated rings. The third kappa shape index (κ3) is 4.11. The Morgan fingerprint density at radius 1 is 1.19 bits per heavy atom. The summed E-state index contributed by atoms with van der Waals surface area (Å²) in [6.45, 7) is 7.43. The lowest BCUT2D eigenvalue weighted by atomic mass is 9.88. The molecule has 3 nitrogen and oxygen atoms in total. The second-order valence-corrected chi connectivity index (χ2v) is 8.50. The number of esters is 1. The van der Waals surface area contributed by atoms with Crippen LogP contribution in [0.1, 0.15) is 43.4 Å². The molecule has 0 N–H and O–H groups in total. The summed E-state index contributed by atoms with van der Waals surface area (Å²) in [5.74, 6) is 0.403. The minimum absolute atomic E-state index is 0.225. The number of ether oxygens (including phenoxy) is 1. The molecule has 4 heteroatoms. The molecule has 0 saturated heterocycles. The standard InChI is InChI=1S/C22H26ClNO2/c1-22(2,3)21(25)26-20-13-17-16(12-19(20)23)10-11-24(4)14-18(17)15-8-6-5-7-9-15/h5-9,12-13,18H,10-11,14H2,1-4H3/t18-/m0/s1. The van der Waals surface area contributed by atoms with Crippen molar-refractivity contribution in [3.63, 3.8) is 0 Å². The first-order valence-electron chi connectivity index (χ1n) is 9.04. The Kier molecular flexibility index (Phi) is 5.40. The number of benzene rings is 2. The summed E-state index contributed by atoms with van der Waals surface area (Å²) >= 11 is 6.45. The average molecular weight is 372 g/mol. The van der Waals surface area contributed by atoms with Gasteiger partial charge in [-0.1, -0.05) is 41.9 Å². The van der Waals surface area contributed by atoms with Crippen molar-refractivity contribution in [3.8, 4) is 5.75 Å². The quantitative estimate of drug-likeness (QED) is 0.554. The van der Waals surface area contributed by atoms with Crippen molar-refractivity contribution in [2.75, 3.05) is 20.1 Å². The normalized spacial score (nSPS) is 18.1. The maximum Gasteiger partial charge on any atom is 0.316 e. The molecule has 0 radical (unpaired) electrons. The molecule has 0 spiro atoms. The van der Waals surface area contributed by atoms with Gasteiger partial charge in [-0.25, -0.2) is 0 Å². The zero-order chi connectivity index (χ0) is 18.9. The highest BCUT2D eigenvalue weighted by Crippen LogP contribution is 2.38. The lowest BCUT2D eigenvalue weighted by Gasteiger charge is -2.23. The first-order valence-corrected chi connectivity index (χ1v) is 9.41. The van der Waals surface area contributed by atoms with Crippen LogP contribution in [0.4, 0.5) is 0 Å². The maximum atomic E-state index is 12.3. The minimum Gasteiger partial charge on any atom is -0.425 e. The highest BCUT2D eigenvalue weighted by molar-refractivity contribution is 6.32. The predicted molar refractivity (Wildman–Crippen MR) is 106 cm³/mol. The molecule has 0 saturated carbocycles. The van der Waals surface area contributed by atoms with E-state index >= 15 is 0 Å². The van der Waals surface area contributed by atoms with Crippen molar-refractivity contribution < 1.29 is 9.53 Å². The lowest BCUT2D eigenvalue weighted by molar-refractivity contribution is -0.142. The van der Waals surface area contributed by atoms with E-state index in [1.54, 1.807) is 0 Å². The molecule has 0 bridgehead atoms. The van der Waals surface area contributed by atoms with Crippen molar-refractivity contribution in [1.82, 2.24) is 4.90 Å². The Morgan fingerprint density at radius 2 is 1.88 bits per heavy atom. The molecule has 0 amide bonds. The van der Waals surface area contributed by atoms with Crippen LogP contribution < -0.4 is 4.74 Å². The molecule has 1 aliphatic rings. The first kappa shape index (κ1) is 18.9. The van der Waals surface area contributed by atoms with E-state index in [1.165, 1.54) is 16.7 Å². The molecule has 26 heavy (non-hydrogen) atoms. The number of fused-ring (bicyclic) bond motifs is 1. The Labute approximate surface area is 160 Å². The summed E-state index contributed by atoms with van der Waals surface area (Å²) in [4.78, 5) is 14.7. The Bertz CT molecular complexity index is 796. The van der Waals surface area contributed by atoms with E-state index in [4.69, 9.17) is 16.3 Å². The summed E-state index contributed by atoms with van der Waals surface area (Å²) in [6.07, 6.45) is 0.933. The number of carbonyl (C=O) groups is 1. The molecule has 0 aliphatic carbocycles. The van der Waals surface area contributed by atoms with Crippen molar-refractivity contribution in [1.29, 1.82) is 0 Å². The fourth-order valence-electron chi connectivity index (χ4n) is 3.27. The second kappa shape index (κ2) is 7.42. The van der Waals surface area contributed by atoms with Crippen molar-refractivity contribution >= 4 is 17.6 Å². The summed E-state index contributed by atoms with van der Waals surface area (Å²) in [6, 6.07) is 14.4. The fraction of sp³-hybridized carbons (Fsp3) is 0.409. The highest BCUT2D eigenvalue weighted by atomic mass is 35.5. The van der Waals surface area contributed by atoms with Crippen molar-refractivity contribution in [2.24, 2.45) is 5.41 Å². The molecule has 1 aliphatic heterocycles. The molecular weight excluding hydrogens is 346 g/mol. The van der Waals surface area contributed by atoms with Crippen LogP contribution >= 0.6 is 11.6 Å². The summed E-state index contributed by atoms with van der Waals surface area (Å²) in [7, 11) is 2.14. The molecule has 2 aromatic rings. The van der Waals surface area contributed by atoms with Crippen LogP contribution in [-0.4, -0.2) is 31.0 Å². The largest absolute Gasteiger partial charge is 0.425 e. The Morgan fingerprint density at radius 3 is 2.54 bits per heavy atom. The van der Waals surface area contributed by atoms with Crippen LogP contribution in [-0.2, 0) is 11.2 Å². The van der Waals surface area contributed by atoms with E-state index in [0.717, 1.165) is 19.5 Å². The number of carbonyl (C=O) groups excluding carboxylic acids is 1. The molecular formula is C22H26ClNO2. The summed E-state index contributed by atoms with van der Waals surface area (Å²) in [5.41, 5.74) is 3.11. The van der Waals surface area contributed by atoms with E-state index in [1.807, 2.05) is 39.0 Å². The molecule has 3 rings (SSSR count). The van der Waals surface area contributed by atoms with Gasteiger partial charge in [-0.05, 0) is 63.1 Å². The third-order valence-corrected chi connectivity index (χ3v) is 5.14. The SMILES string of the molecule is CN1CCc2cc(Cl)c(OC(=O)C(C)(C)C)cc2[C@H](c2ccccc2)C1. The van der Waals surface area contributed by atoms with Crippen molar-refractivity contribution in [3.05, 3.63) is 64.2 Å². The predicted octanol–water partition coefficient (Wildman–Crippen LogP) is 4.91. The fourth-order valence-corrected chi connectivity index (χ4v) is 3.49. The Balaban J connectivity index is 2.05. The molecule has 138 valence electrons. The minimum atomic E-state index is -0.574. The van der Waals surface area contributed by atoms with Crippen LogP contribution in [0.5, 0.6) is 5.75 Å². The topological polar surface area (TPSA) is 29.5 Å². The zero-order valence-corrected chi connectivity index (χ0v) is 16.6. The van der Waals surface area contributed by atoms with Gasteiger partial charge in [0.1, 0.15) is 5.75 Å². The molecule has 0 unspecified atom stereocenters. The number of nitrogens with zero attached hydrogens (tertiary/aromatic N) is 1. The van der Waals surface area contributed by atoms with E-state index in [0.29, 0.717) is 10.8 Å². The second-order valence-electron chi connectivity index (χ2n) is 8.10. The molecule has 1 heterocycles. The molecule has 1 atom stereocenters. The van der Waals surface area contributed by atoms with Gasteiger partial charge in [-0.2, -0.15) is 0 Å². The van der Waals surface area contributed by atoms with Gasteiger partial charge in [-0.15, -0.1) is 0 Å². The number of rotatable bonds is 2. The van der Waals surface area contributed by atoms with E-state index in [2.05, 4.69) is 36.2 Å². The number of hydrogen-bond acceptors (Lipinski definition) is 3. The maximum absolute atomic E-state index is 12.3. The zero-order valence-electron chi connectivity index (χ0n) is 15.9. The lowest BCUT2D eigenvalue weighted by Crippen LogP contribution is -2.26. The number of halogens is 1.